The van der Waals surface area contributed by atoms with Crippen LogP contribution in [0.2, 0.25) is 0 Å². The van der Waals surface area contributed by atoms with Gasteiger partial charge in [-0.15, -0.1) is 24.8 Å². The van der Waals surface area contributed by atoms with Gasteiger partial charge in [0, 0.05) is 19.5 Å². The summed E-state index contributed by atoms with van der Waals surface area (Å²) in [5.74, 6) is -0.515. The average molecular weight is 412 g/mol. The number of nitrogens with zero attached hydrogens (tertiary/aromatic N) is 1. The van der Waals surface area contributed by atoms with Crippen LogP contribution in [-0.2, 0) is 25.4 Å². The van der Waals surface area contributed by atoms with Gasteiger partial charge in [-0.05, 0) is 32.7 Å². The van der Waals surface area contributed by atoms with Crippen molar-refractivity contribution in [3.8, 4) is 0 Å². The van der Waals surface area contributed by atoms with Gasteiger partial charge in [0.15, 0.2) is 0 Å². The highest BCUT2D eigenvalue weighted by Crippen LogP contribution is 2.20. The number of esters is 1. The van der Waals surface area contributed by atoms with Crippen molar-refractivity contribution in [1.29, 1.82) is 0 Å². The molecule has 1 heterocycles. The van der Waals surface area contributed by atoms with Crippen LogP contribution >= 0.6 is 24.8 Å². The Balaban J connectivity index is 0.00000312. The third kappa shape index (κ3) is 8.25. The number of carbonyl (C=O) groups is 2. The molecule has 2 rings (SSSR count). The molecule has 0 saturated heterocycles. The predicted molar refractivity (Wildman–Crippen MR) is 99.6 cm³/mol. The van der Waals surface area contributed by atoms with Crippen molar-refractivity contribution in [2.24, 2.45) is 0 Å². The molecule has 1 aliphatic carbocycles. The van der Waals surface area contributed by atoms with Gasteiger partial charge in [0.25, 0.3) is 0 Å². The number of rotatable bonds is 7. The van der Waals surface area contributed by atoms with Crippen LogP contribution < -0.4 is 5.32 Å². The molecule has 0 bridgehead atoms. The predicted octanol–water partition coefficient (Wildman–Crippen LogP) is 2.76. The first-order valence-corrected chi connectivity index (χ1v) is 8.31. The Kier molecular flexibility index (Phi) is 12.0. The number of hydrogen-bond donors (Lipinski definition) is 2. The van der Waals surface area contributed by atoms with Crippen LogP contribution in [0.1, 0.15) is 44.7 Å². The van der Waals surface area contributed by atoms with Crippen molar-refractivity contribution >= 4 is 36.9 Å². The van der Waals surface area contributed by atoms with E-state index in [1.165, 1.54) is 13.3 Å². The molecule has 2 atom stereocenters. The molecule has 0 aliphatic heterocycles. The molecule has 1 unspecified atom stereocenters. The van der Waals surface area contributed by atoms with Crippen molar-refractivity contribution in [2.75, 3.05) is 7.05 Å². The van der Waals surface area contributed by atoms with E-state index in [-0.39, 0.29) is 30.9 Å². The van der Waals surface area contributed by atoms with Gasteiger partial charge in [0.05, 0.1) is 12.0 Å². The molecular formula is C16H27Cl2N3O5. The minimum Gasteiger partial charge on any atom is -0.431 e. The number of aromatic amines is 1. The Morgan fingerprint density at radius 2 is 1.96 bits per heavy atom. The molecule has 1 fully saturated rings. The normalized spacial score (nSPS) is 16.4. The van der Waals surface area contributed by atoms with Crippen LogP contribution in [0, 0.1) is 0 Å². The zero-order chi connectivity index (χ0) is 17.4. The van der Waals surface area contributed by atoms with E-state index in [9.17, 15) is 9.59 Å². The summed E-state index contributed by atoms with van der Waals surface area (Å²) in [4.78, 5) is 30.8. The van der Waals surface area contributed by atoms with E-state index in [1.54, 1.807) is 19.6 Å². The van der Waals surface area contributed by atoms with E-state index >= 15 is 0 Å². The van der Waals surface area contributed by atoms with E-state index in [2.05, 4.69) is 15.3 Å². The van der Waals surface area contributed by atoms with Gasteiger partial charge in [0.1, 0.15) is 12.1 Å². The summed E-state index contributed by atoms with van der Waals surface area (Å²) in [6.45, 7) is 1.49. The minimum atomic E-state index is -1.01. The molecule has 0 spiro atoms. The fourth-order valence-electron chi connectivity index (χ4n) is 2.67. The van der Waals surface area contributed by atoms with Crippen LogP contribution in [0.5, 0.6) is 0 Å². The fourth-order valence-corrected chi connectivity index (χ4v) is 2.67. The zero-order valence-electron chi connectivity index (χ0n) is 14.9. The lowest BCUT2D eigenvalue weighted by atomic mass is 9.98. The van der Waals surface area contributed by atoms with Gasteiger partial charge in [-0.3, -0.25) is 4.79 Å². The molecule has 2 N–H and O–H groups in total. The zero-order valence-corrected chi connectivity index (χ0v) is 16.6. The Labute approximate surface area is 165 Å². The first kappa shape index (κ1) is 24.5. The van der Waals surface area contributed by atoms with E-state index in [1.807, 2.05) is 0 Å². The maximum absolute atomic E-state index is 12.1. The van der Waals surface area contributed by atoms with Crippen molar-refractivity contribution in [1.82, 2.24) is 15.3 Å². The number of carbonyl (C=O) groups excluding carboxylic acids is 2. The lowest BCUT2D eigenvalue weighted by Gasteiger charge is -2.23. The van der Waals surface area contributed by atoms with Crippen LogP contribution in [0.3, 0.4) is 0 Å². The van der Waals surface area contributed by atoms with E-state index in [4.69, 9.17) is 14.2 Å². The van der Waals surface area contributed by atoms with E-state index < -0.39 is 24.5 Å². The van der Waals surface area contributed by atoms with Crippen LogP contribution in [0.4, 0.5) is 4.79 Å². The number of halogens is 2. The summed E-state index contributed by atoms with van der Waals surface area (Å²) in [5.41, 5.74) is 0.733. The Bertz CT molecular complexity index is 524. The Hall–Kier alpha value is -1.51. The number of ether oxygens (including phenoxy) is 3. The molecule has 26 heavy (non-hydrogen) atoms. The summed E-state index contributed by atoms with van der Waals surface area (Å²) in [7, 11) is 1.65. The molecule has 150 valence electrons. The molecular weight excluding hydrogens is 385 g/mol. The van der Waals surface area contributed by atoms with Crippen LogP contribution in [0.15, 0.2) is 12.5 Å². The standard InChI is InChI=1S/C16H25N3O5.2ClH/c1-11(23-16(21)24-13-6-4-3-5-7-13)22-15(20)14(17-2)8-12-9-18-10-19-12;;/h9-11,13-14,17H,3-8H2,1-2H3,(H,18,19);2*1H/t11?,14-;;/m0../s1. The topological polar surface area (TPSA) is 103 Å². The highest BCUT2D eigenvalue weighted by Gasteiger charge is 2.25. The Morgan fingerprint density at radius 1 is 1.27 bits per heavy atom. The van der Waals surface area contributed by atoms with Gasteiger partial charge in [-0.1, -0.05) is 6.42 Å². The molecule has 0 amide bonds. The van der Waals surface area contributed by atoms with Crippen molar-refractivity contribution in [3.05, 3.63) is 18.2 Å². The second kappa shape index (κ2) is 12.8. The second-order valence-electron chi connectivity index (χ2n) is 5.86. The summed E-state index contributed by atoms with van der Waals surface area (Å²) in [5, 5.41) is 2.86. The van der Waals surface area contributed by atoms with E-state index in [0.29, 0.717) is 6.42 Å². The Morgan fingerprint density at radius 3 is 2.54 bits per heavy atom. The lowest BCUT2D eigenvalue weighted by molar-refractivity contribution is -0.171. The van der Waals surface area contributed by atoms with Crippen molar-refractivity contribution in [3.63, 3.8) is 0 Å². The quantitative estimate of drug-likeness (QED) is 0.524. The van der Waals surface area contributed by atoms with Crippen LogP contribution in [0.25, 0.3) is 0 Å². The number of imidazole rings is 1. The number of nitrogens with one attached hydrogen (secondary N) is 2. The van der Waals surface area contributed by atoms with Crippen molar-refractivity contribution in [2.45, 2.75) is 63.9 Å². The minimum absolute atomic E-state index is 0. The molecule has 1 aromatic rings. The first-order valence-electron chi connectivity index (χ1n) is 8.31. The SMILES string of the molecule is CN[C@@H](Cc1c[nH]cn1)C(=O)OC(C)OC(=O)OC1CCCCC1.Cl.Cl. The number of hydrogen-bond acceptors (Lipinski definition) is 7. The monoisotopic (exact) mass is 411 g/mol. The van der Waals surface area contributed by atoms with Gasteiger partial charge in [-0.25, -0.2) is 9.78 Å². The number of H-pyrrole nitrogens is 1. The van der Waals surface area contributed by atoms with Gasteiger partial charge >= 0.3 is 12.1 Å². The highest BCUT2D eigenvalue weighted by molar-refractivity contribution is 5.85. The largest absolute Gasteiger partial charge is 0.511 e. The van der Waals surface area contributed by atoms with Crippen LogP contribution in [-0.4, -0.2) is 47.6 Å². The lowest BCUT2D eigenvalue weighted by Crippen LogP contribution is -2.40. The number of likely N-dealkylation sites (N-methyl/N-ethyl adjacent to an activating group) is 1. The van der Waals surface area contributed by atoms with Crippen molar-refractivity contribution < 1.29 is 23.8 Å². The summed E-state index contributed by atoms with van der Waals surface area (Å²) in [6, 6.07) is -0.575. The first-order chi connectivity index (χ1) is 11.6. The highest BCUT2D eigenvalue weighted by atomic mass is 35.5. The molecule has 0 radical (unpaired) electrons. The second-order valence-corrected chi connectivity index (χ2v) is 5.86. The fraction of sp³-hybridized carbons (Fsp3) is 0.688. The third-order valence-electron chi connectivity index (χ3n) is 3.96. The summed E-state index contributed by atoms with van der Waals surface area (Å²) >= 11 is 0. The molecule has 8 nitrogen and oxygen atoms in total. The maximum atomic E-state index is 12.1. The van der Waals surface area contributed by atoms with Gasteiger partial charge < -0.3 is 24.5 Å². The number of aromatic nitrogens is 2. The van der Waals surface area contributed by atoms with Gasteiger partial charge in [0.2, 0.25) is 6.29 Å². The smallest absolute Gasteiger partial charge is 0.431 e. The molecule has 10 heteroatoms. The summed E-state index contributed by atoms with van der Waals surface area (Å²) < 4.78 is 15.4. The molecule has 1 aromatic heterocycles. The molecule has 0 aromatic carbocycles. The maximum Gasteiger partial charge on any atom is 0.511 e. The average Bonchev–Trinajstić information content (AvgIpc) is 3.06. The van der Waals surface area contributed by atoms with E-state index in [0.717, 1.165) is 31.4 Å². The van der Waals surface area contributed by atoms with Gasteiger partial charge in [-0.2, -0.15) is 0 Å². The molecule has 1 saturated carbocycles. The third-order valence-corrected chi connectivity index (χ3v) is 3.96. The molecule has 1 aliphatic rings. The summed E-state index contributed by atoms with van der Waals surface area (Å²) in [6.07, 6.45) is 6.71.